The molecule has 0 aromatic heterocycles. The van der Waals surface area contributed by atoms with Gasteiger partial charge < -0.3 is 0 Å². The number of hydrogen-bond acceptors (Lipinski definition) is 2. The Morgan fingerprint density at radius 3 is 2.47 bits per heavy atom. The largest absolute Gasteiger partial charge is 0.228 e. The minimum absolute atomic E-state index is 0.0560. The first kappa shape index (κ1) is 13.0. The number of sulfone groups is 1. The summed E-state index contributed by atoms with van der Waals surface area (Å²) in [7, 11) is -3.04. The van der Waals surface area contributed by atoms with E-state index in [0.29, 0.717) is 5.02 Å². The third kappa shape index (κ3) is 3.47. The Hall–Kier alpha value is -0.0600. The third-order valence-corrected chi connectivity index (χ3v) is 5.46. The minimum atomic E-state index is -3.04. The van der Waals surface area contributed by atoms with E-state index in [4.69, 9.17) is 11.6 Å². The summed E-state index contributed by atoms with van der Waals surface area (Å²) in [6.07, 6.45) is 0. The van der Waals surface area contributed by atoms with Crippen LogP contribution in [0.1, 0.15) is 19.4 Å². The Bertz CT molecular complexity index is 454. The molecule has 0 unspecified atom stereocenters. The lowest BCUT2D eigenvalue weighted by Crippen LogP contribution is -2.15. The van der Waals surface area contributed by atoms with Gasteiger partial charge in [0, 0.05) is 4.47 Å². The van der Waals surface area contributed by atoms with Crippen molar-refractivity contribution >= 4 is 37.4 Å². The maximum absolute atomic E-state index is 11.6. The number of hydrogen-bond donors (Lipinski definition) is 0. The maximum Gasteiger partial charge on any atom is 0.156 e. The third-order valence-electron chi connectivity index (χ3n) is 2.07. The quantitative estimate of drug-likeness (QED) is 0.857. The van der Waals surface area contributed by atoms with Crippen LogP contribution in [0.5, 0.6) is 0 Å². The molecule has 2 nitrogen and oxygen atoms in total. The Labute approximate surface area is 104 Å². The van der Waals surface area contributed by atoms with E-state index in [1.165, 1.54) is 0 Å². The van der Waals surface area contributed by atoms with Crippen molar-refractivity contribution in [2.75, 3.05) is 0 Å². The van der Waals surface area contributed by atoms with Crippen molar-refractivity contribution in [1.82, 2.24) is 0 Å². The molecule has 1 aromatic carbocycles. The van der Waals surface area contributed by atoms with Crippen LogP contribution in [0.2, 0.25) is 5.02 Å². The van der Waals surface area contributed by atoms with E-state index in [1.807, 2.05) is 0 Å². The van der Waals surface area contributed by atoms with Crippen molar-refractivity contribution in [1.29, 1.82) is 0 Å². The predicted octanol–water partition coefficient (Wildman–Crippen LogP) is 3.43. The summed E-state index contributed by atoms with van der Waals surface area (Å²) in [6, 6.07) is 5.16. The monoisotopic (exact) mass is 310 g/mol. The lowest BCUT2D eigenvalue weighted by molar-refractivity contribution is 0.586. The van der Waals surface area contributed by atoms with Crippen LogP contribution in [-0.4, -0.2) is 13.7 Å². The summed E-state index contributed by atoms with van der Waals surface area (Å²) >= 11 is 9.08. The molecule has 0 fully saturated rings. The first-order valence-electron chi connectivity index (χ1n) is 4.48. The predicted molar refractivity (Wildman–Crippen MR) is 66.9 cm³/mol. The zero-order chi connectivity index (χ0) is 11.6. The summed E-state index contributed by atoms with van der Waals surface area (Å²) in [4.78, 5) is 0. The van der Waals surface area contributed by atoms with Crippen LogP contribution in [0.25, 0.3) is 0 Å². The number of benzene rings is 1. The molecule has 0 aliphatic heterocycles. The smallest absolute Gasteiger partial charge is 0.156 e. The fourth-order valence-electron chi connectivity index (χ4n) is 1.03. The van der Waals surface area contributed by atoms with E-state index in [2.05, 4.69) is 15.9 Å². The first-order valence-corrected chi connectivity index (χ1v) is 7.37. The highest BCUT2D eigenvalue weighted by molar-refractivity contribution is 9.10. The van der Waals surface area contributed by atoms with Gasteiger partial charge >= 0.3 is 0 Å². The molecule has 0 amide bonds. The molecule has 0 heterocycles. The van der Waals surface area contributed by atoms with E-state index >= 15 is 0 Å². The Balaban J connectivity index is 2.96. The Morgan fingerprint density at radius 1 is 1.40 bits per heavy atom. The van der Waals surface area contributed by atoms with Crippen molar-refractivity contribution in [3.8, 4) is 0 Å². The summed E-state index contributed by atoms with van der Waals surface area (Å²) in [5.74, 6) is 0.0560. The molecular formula is C10H12BrClO2S. The highest BCUT2D eigenvalue weighted by Crippen LogP contribution is 2.24. The van der Waals surface area contributed by atoms with Crippen LogP contribution in [0.15, 0.2) is 22.7 Å². The zero-order valence-corrected chi connectivity index (χ0v) is 11.7. The average Bonchev–Trinajstić information content (AvgIpc) is 2.10. The van der Waals surface area contributed by atoms with Gasteiger partial charge in [-0.1, -0.05) is 17.7 Å². The highest BCUT2D eigenvalue weighted by Gasteiger charge is 2.16. The lowest BCUT2D eigenvalue weighted by Gasteiger charge is -2.08. The Kier molecular flexibility index (Phi) is 4.20. The average molecular weight is 312 g/mol. The van der Waals surface area contributed by atoms with Gasteiger partial charge in [0.2, 0.25) is 0 Å². The van der Waals surface area contributed by atoms with Gasteiger partial charge in [0.1, 0.15) is 0 Å². The van der Waals surface area contributed by atoms with Crippen molar-refractivity contribution in [2.24, 2.45) is 0 Å². The van der Waals surface area contributed by atoms with E-state index < -0.39 is 9.84 Å². The molecule has 1 rings (SSSR count). The molecular weight excluding hydrogens is 300 g/mol. The van der Waals surface area contributed by atoms with Gasteiger partial charge in [-0.05, 0) is 47.5 Å². The molecule has 0 atom stereocenters. The molecule has 0 aliphatic carbocycles. The molecule has 0 radical (unpaired) electrons. The van der Waals surface area contributed by atoms with Crippen molar-refractivity contribution < 1.29 is 8.42 Å². The van der Waals surface area contributed by atoms with Crippen molar-refractivity contribution in [3.63, 3.8) is 0 Å². The van der Waals surface area contributed by atoms with E-state index in [9.17, 15) is 8.42 Å². The number of rotatable bonds is 3. The van der Waals surface area contributed by atoms with Crippen LogP contribution in [0.3, 0.4) is 0 Å². The first-order chi connectivity index (χ1) is 6.83. The summed E-state index contributed by atoms with van der Waals surface area (Å²) < 4.78 is 24.0. The SMILES string of the molecule is CC(C)S(=O)(=O)Cc1ccc(Cl)c(Br)c1. The maximum atomic E-state index is 11.6. The Morgan fingerprint density at radius 2 is 2.00 bits per heavy atom. The summed E-state index contributed by atoms with van der Waals surface area (Å²) in [6.45, 7) is 3.36. The zero-order valence-electron chi connectivity index (χ0n) is 8.50. The molecule has 5 heteroatoms. The molecule has 0 N–H and O–H groups in total. The van der Waals surface area contributed by atoms with Crippen LogP contribution < -0.4 is 0 Å². The van der Waals surface area contributed by atoms with Gasteiger partial charge in [-0.3, -0.25) is 0 Å². The molecule has 0 saturated carbocycles. The molecule has 0 bridgehead atoms. The van der Waals surface area contributed by atoms with Crippen LogP contribution in [0.4, 0.5) is 0 Å². The molecule has 15 heavy (non-hydrogen) atoms. The van der Waals surface area contributed by atoms with Crippen LogP contribution >= 0.6 is 27.5 Å². The highest BCUT2D eigenvalue weighted by atomic mass is 79.9. The van der Waals surface area contributed by atoms with E-state index in [1.54, 1.807) is 32.0 Å². The summed E-state index contributed by atoms with van der Waals surface area (Å²) in [5.41, 5.74) is 0.750. The second-order valence-corrected chi connectivity index (χ2v) is 7.42. The van der Waals surface area contributed by atoms with Gasteiger partial charge in [0.05, 0.1) is 16.0 Å². The van der Waals surface area contributed by atoms with Crippen LogP contribution in [0, 0.1) is 0 Å². The van der Waals surface area contributed by atoms with Gasteiger partial charge in [0.25, 0.3) is 0 Å². The van der Waals surface area contributed by atoms with Gasteiger partial charge in [-0.2, -0.15) is 0 Å². The standard InChI is InChI=1S/C10H12BrClO2S/c1-7(2)15(13,14)6-8-3-4-10(12)9(11)5-8/h3-5,7H,6H2,1-2H3. The topological polar surface area (TPSA) is 34.1 Å². The van der Waals surface area contributed by atoms with Crippen molar-refractivity contribution in [3.05, 3.63) is 33.3 Å². The fourth-order valence-corrected chi connectivity index (χ4v) is 2.55. The van der Waals surface area contributed by atoms with Crippen molar-refractivity contribution in [2.45, 2.75) is 24.9 Å². The molecule has 0 aliphatic rings. The van der Waals surface area contributed by atoms with Crippen LogP contribution in [-0.2, 0) is 15.6 Å². The van der Waals surface area contributed by atoms with E-state index in [0.717, 1.165) is 10.0 Å². The summed E-state index contributed by atoms with van der Waals surface area (Å²) in [5, 5.41) is 0.229. The second-order valence-electron chi connectivity index (χ2n) is 3.60. The van der Waals surface area contributed by atoms with Gasteiger partial charge in [-0.25, -0.2) is 8.42 Å². The minimum Gasteiger partial charge on any atom is -0.228 e. The molecule has 0 spiro atoms. The molecule has 1 aromatic rings. The molecule has 84 valence electrons. The van der Waals surface area contributed by atoms with Gasteiger partial charge in [0.15, 0.2) is 9.84 Å². The lowest BCUT2D eigenvalue weighted by atomic mass is 10.2. The normalized spacial score (nSPS) is 12.1. The molecule has 0 saturated heterocycles. The van der Waals surface area contributed by atoms with E-state index in [-0.39, 0.29) is 11.0 Å². The van der Waals surface area contributed by atoms with Gasteiger partial charge in [-0.15, -0.1) is 0 Å². The second kappa shape index (κ2) is 4.85. The fraction of sp³-hybridized carbons (Fsp3) is 0.400. The number of halogens is 2.